The average molecular weight is 330 g/mol. The smallest absolute Gasteiger partial charge is 0.171 e. The molecular formula is C18H22N2O2S. The topological polar surface area (TPSA) is 42.5 Å². The van der Waals surface area contributed by atoms with E-state index in [1.807, 2.05) is 62.4 Å². The Kier molecular flexibility index (Phi) is 6.23. The highest BCUT2D eigenvalue weighted by atomic mass is 32.1. The van der Waals surface area contributed by atoms with E-state index in [0.29, 0.717) is 11.7 Å². The van der Waals surface area contributed by atoms with E-state index >= 15 is 0 Å². The van der Waals surface area contributed by atoms with E-state index < -0.39 is 0 Å². The standard InChI is InChI=1S/C18H22N2O2S/c1-13-7-6-8-15(11-13)20-18(23)19-14(2)12-22-17-10-5-4-9-16(17)21-3/h4-11,14H,12H2,1-3H3,(H2,19,20,23). The molecule has 0 aliphatic carbocycles. The molecule has 0 aliphatic rings. The molecule has 122 valence electrons. The van der Waals surface area contributed by atoms with Crippen molar-refractivity contribution in [3.63, 3.8) is 0 Å². The summed E-state index contributed by atoms with van der Waals surface area (Å²) in [5.41, 5.74) is 2.16. The summed E-state index contributed by atoms with van der Waals surface area (Å²) in [5.74, 6) is 1.45. The number of thiocarbonyl (C=S) groups is 1. The van der Waals surface area contributed by atoms with Crippen LogP contribution in [0.25, 0.3) is 0 Å². The molecule has 2 N–H and O–H groups in total. The van der Waals surface area contributed by atoms with Gasteiger partial charge in [0.2, 0.25) is 0 Å². The lowest BCUT2D eigenvalue weighted by atomic mass is 10.2. The van der Waals surface area contributed by atoms with Crippen LogP contribution >= 0.6 is 12.2 Å². The first-order valence-electron chi connectivity index (χ1n) is 7.48. The van der Waals surface area contributed by atoms with Crippen molar-refractivity contribution in [2.75, 3.05) is 19.0 Å². The number of ether oxygens (including phenoxy) is 2. The van der Waals surface area contributed by atoms with Crippen molar-refractivity contribution in [1.82, 2.24) is 5.32 Å². The largest absolute Gasteiger partial charge is 0.493 e. The lowest BCUT2D eigenvalue weighted by Gasteiger charge is -2.18. The van der Waals surface area contributed by atoms with Crippen LogP contribution in [-0.2, 0) is 0 Å². The first-order chi connectivity index (χ1) is 11.1. The molecule has 2 aromatic rings. The Morgan fingerprint density at radius 3 is 2.57 bits per heavy atom. The number of benzene rings is 2. The Balaban J connectivity index is 1.82. The van der Waals surface area contributed by atoms with Crippen LogP contribution in [0.5, 0.6) is 11.5 Å². The van der Waals surface area contributed by atoms with Crippen molar-refractivity contribution < 1.29 is 9.47 Å². The molecule has 0 radical (unpaired) electrons. The molecule has 0 bridgehead atoms. The van der Waals surface area contributed by atoms with Crippen molar-refractivity contribution in [3.8, 4) is 11.5 Å². The molecule has 0 aliphatic heterocycles. The maximum absolute atomic E-state index is 5.79. The number of rotatable bonds is 6. The maximum atomic E-state index is 5.79. The van der Waals surface area contributed by atoms with Crippen molar-refractivity contribution in [1.29, 1.82) is 0 Å². The SMILES string of the molecule is COc1ccccc1OCC(C)NC(=S)Nc1cccc(C)c1. The van der Waals surface area contributed by atoms with Gasteiger partial charge in [-0.1, -0.05) is 24.3 Å². The van der Waals surface area contributed by atoms with Crippen molar-refractivity contribution in [3.05, 3.63) is 54.1 Å². The number of hydrogen-bond donors (Lipinski definition) is 2. The van der Waals surface area contributed by atoms with Gasteiger partial charge in [-0.15, -0.1) is 0 Å². The third kappa shape index (κ3) is 5.45. The van der Waals surface area contributed by atoms with Crippen LogP contribution in [0.15, 0.2) is 48.5 Å². The molecule has 0 saturated heterocycles. The summed E-state index contributed by atoms with van der Waals surface area (Å²) in [6.45, 7) is 4.54. The zero-order valence-electron chi connectivity index (χ0n) is 13.6. The minimum Gasteiger partial charge on any atom is -0.493 e. The number of anilines is 1. The fourth-order valence-electron chi connectivity index (χ4n) is 2.11. The molecule has 4 nitrogen and oxygen atoms in total. The molecule has 23 heavy (non-hydrogen) atoms. The van der Waals surface area contributed by atoms with E-state index in [4.69, 9.17) is 21.7 Å². The van der Waals surface area contributed by atoms with Crippen molar-refractivity contribution in [2.45, 2.75) is 19.9 Å². The number of hydrogen-bond acceptors (Lipinski definition) is 3. The van der Waals surface area contributed by atoms with Gasteiger partial charge in [-0.25, -0.2) is 0 Å². The van der Waals surface area contributed by atoms with Gasteiger partial charge in [-0.3, -0.25) is 0 Å². The van der Waals surface area contributed by atoms with E-state index in [9.17, 15) is 0 Å². The molecule has 0 saturated carbocycles. The van der Waals surface area contributed by atoms with Gasteiger partial charge in [0.15, 0.2) is 16.6 Å². The zero-order valence-corrected chi connectivity index (χ0v) is 14.4. The normalized spacial score (nSPS) is 11.4. The fraction of sp³-hybridized carbons (Fsp3) is 0.278. The summed E-state index contributed by atoms with van der Waals surface area (Å²) in [5, 5.41) is 6.96. The Labute approximate surface area is 142 Å². The molecule has 2 aromatic carbocycles. The van der Waals surface area contributed by atoms with Gasteiger partial charge in [0, 0.05) is 5.69 Å². The number of para-hydroxylation sites is 2. The Bertz CT molecular complexity index is 661. The number of aryl methyl sites for hydroxylation is 1. The molecule has 1 atom stereocenters. The molecule has 0 amide bonds. The summed E-state index contributed by atoms with van der Waals surface area (Å²) < 4.78 is 11.1. The number of nitrogens with one attached hydrogen (secondary N) is 2. The third-order valence-corrected chi connectivity index (χ3v) is 3.43. The van der Waals surface area contributed by atoms with Gasteiger partial charge < -0.3 is 20.1 Å². The van der Waals surface area contributed by atoms with Crippen LogP contribution < -0.4 is 20.1 Å². The lowest BCUT2D eigenvalue weighted by Crippen LogP contribution is -2.39. The van der Waals surface area contributed by atoms with E-state index in [2.05, 4.69) is 10.6 Å². The highest BCUT2D eigenvalue weighted by Crippen LogP contribution is 2.25. The van der Waals surface area contributed by atoms with Crippen LogP contribution in [-0.4, -0.2) is 24.9 Å². The van der Waals surface area contributed by atoms with Crippen LogP contribution in [0.1, 0.15) is 12.5 Å². The summed E-state index contributed by atoms with van der Waals surface area (Å²) in [6.07, 6.45) is 0. The quantitative estimate of drug-likeness (QED) is 0.790. The van der Waals surface area contributed by atoms with Gasteiger partial charge >= 0.3 is 0 Å². The van der Waals surface area contributed by atoms with Crippen molar-refractivity contribution in [2.24, 2.45) is 0 Å². The van der Waals surface area contributed by atoms with E-state index in [1.54, 1.807) is 7.11 Å². The predicted octanol–water partition coefficient (Wildman–Crippen LogP) is 3.76. The molecule has 0 heterocycles. The second kappa shape index (κ2) is 8.39. The Morgan fingerprint density at radius 2 is 1.87 bits per heavy atom. The van der Waals surface area contributed by atoms with Gasteiger partial charge in [0.25, 0.3) is 0 Å². The van der Waals surface area contributed by atoms with Gasteiger partial charge in [-0.05, 0) is 55.9 Å². The monoisotopic (exact) mass is 330 g/mol. The molecule has 0 spiro atoms. The number of methoxy groups -OCH3 is 1. The van der Waals surface area contributed by atoms with E-state index in [0.717, 1.165) is 17.2 Å². The highest BCUT2D eigenvalue weighted by molar-refractivity contribution is 7.80. The molecule has 0 fully saturated rings. The second-order valence-electron chi connectivity index (χ2n) is 5.33. The van der Waals surface area contributed by atoms with Gasteiger partial charge in [0.05, 0.1) is 13.2 Å². The molecule has 0 aromatic heterocycles. The van der Waals surface area contributed by atoms with Crippen LogP contribution in [0.2, 0.25) is 0 Å². The fourth-order valence-corrected chi connectivity index (χ4v) is 2.43. The van der Waals surface area contributed by atoms with Crippen molar-refractivity contribution >= 4 is 23.0 Å². The molecule has 5 heteroatoms. The van der Waals surface area contributed by atoms with E-state index in [-0.39, 0.29) is 6.04 Å². The third-order valence-electron chi connectivity index (χ3n) is 3.21. The molecule has 2 rings (SSSR count). The van der Waals surface area contributed by atoms with Crippen LogP contribution in [0.4, 0.5) is 5.69 Å². The summed E-state index contributed by atoms with van der Waals surface area (Å²) in [4.78, 5) is 0. The maximum Gasteiger partial charge on any atom is 0.171 e. The predicted molar refractivity (Wildman–Crippen MR) is 98.5 cm³/mol. The minimum atomic E-state index is 0.0599. The summed E-state index contributed by atoms with van der Waals surface area (Å²) in [7, 11) is 1.63. The Hall–Kier alpha value is -2.27. The molecule has 1 unspecified atom stereocenters. The van der Waals surface area contributed by atoms with Crippen LogP contribution in [0.3, 0.4) is 0 Å². The highest BCUT2D eigenvalue weighted by Gasteiger charge is 2.08. The molecular weight excluding hydrogens is 308 g/mol. The van der Waals surface area contributed by atoms with Gasteiger partial charge in [-0.2, -0.15) is 0 Å². The summed E-state index contributed by atoms with van der Waals surface area (Å²) >= 11 is 5.33. The first-order valence-corrected chi connectivity index (χ1v) is 7.89. The zero-order chi connectivity index (χ0) is 16.7. The second-order valence-corrected chi connectivity index (χ2v) is 5.74. The van der Waals surface area contributed by atoms with Gasteiger partial charge in [0.1, 0.15) is 6.61 Å². The van der Waals surface area contributed by atoms with Crippen LogP contribution in [0, 0.1) is 6.92 Å². The lowest BCUT2D eigenvalue weighted by molar-refractivity contribution is 0.270. The minimum absolute atomic E-state index is 0.0599. The Morgan fingerprint density at radius 1 is 1.13 bits per heavy atom. The average Bonchev–Trinajstić information content (AvgIpc) is 2.53. The summed E-state index contributed by atoms with van der Waals surface area (Å²) in [6, 6.07) is 15.7. The van der Waals surface area contributed by atoms with E-state index in [1.165, 1.54) is 5.56 Å². The first kappa shape index (κ1) is 17.1.